The smallest absolute Gasteiger partial charge is 0.220 e. The number of hydrogen-bond acceptors (Lipinski definition) is 3. The molecule has 1 amide bonds. The first-order valence-corrected chi connectivity index (χ1v) is 7.05. The molecule has 4 heteroatoms. The molecule has 2 N–H and O–H groups in total. The molecule has 0 aromatic heterocycles. The third kappa shape index (κ3) is 5.30. The van der Waals surface area contributed by atoms with Gasteiger partial charge in [-0.05, 0) is 42.3 Å². The zero-order valence-corrected chi connectivity index (χ0v) is 11.9. The zero-order valence-electron chi connectivity index (χ0n) is 11.0. The summed E-state index contributed by atoms with van der Waals surface area (Å²) in [6.45, 7) is 5.15. The molecule has 0 heterocycles. The minimum atomic E-state index is 0.0655. The average Bonchev–Trinajstić information content (AvgIpc) is 3.05. The Morgan fingerprint density at radius 1 is 1.47 bits per heavy atom. The van der Waals surface area contributed by atoms with Gasteiger partial charge in [0.1, 0.15) is 0 Å². The Bertz CT molecular complexity index is 262. The van der Waals surface area contributed by atoms with Crippen molar-refractivity contribution >= 4 is 18.5 Å². The normalized spacial score (nSPS) is 17.9. The molecule has 100 valence electrons. The van der Waals surface area contributed by atoms with E-state index in [9.17, 15) is 4.79 Å². The quantitative estimate of drug-likeness (QED) is 0.584. The molecule has 0 aromatic carbocycles. The topological polar surface area (TPSA) is 49.3 Å². The number of aliphatic hydroxyl groups excluding tert-OH is 1. The average molecular weight is 259 g/mol. The van der Waals surface area contributed by atoms with Crippen molar-refractivity contribution in [1.29, 1.82) is 0 Å². The third-order valence-electron chi connectivity index (χ3n) is 3.60. The summed E-state index contributed by atoms with van der Waals surface area (Å²) in [6, 6.07) is 0. The van der Waals surface area contributed by atoms with Gasteiger partial charge in [0.2, 0.25) is 5.91 Å². The van der Waals surface area contributed by atoms with Crippen molar-refractivity contribution < 1.29 is 9.90 Å². The second-order valence-corrected chi connectivity index (χ2v) is 6.42. The highest BCUT2D eigenvalue weighted by atomic mass is 32.1. The van der Waals surface area contributed by atoms with Gasteiger partial charge in [0.05, 0.1) is 0 Å². The van der Waals surface area contributed by atoms with Crippen molar-refractivity contribution in [2.45, 2.75) is 46.0 Å². The van der Waals surface area contributed by atoms with E-state index in [1.54, 1.807) is 0 Å². The lowest BCUT2D eigenvalue weighted by Crippen LogP contribution is -2.35. The predicted molar refractivity (Wildman–Crippen MR) is 73.2 cm³/mol. The SMILES string of the molecule is CC(C)(CCCO)CNC(=O)CC1(CS)CC1. The third-order valence-corrected chi connectivity index (χ3v) is 4.27. The van der Waals surface area contributed by atoms with Crippen LogP contribution in [0.3, 0.4) is 0 Å². The van der Waals surface area contributed by atoms with Crippen LogP contribution in [0, 0.1) is 10.8 Å². The standard InChI is InChI=1S/C13H25NO2S/c1-12(2,4-3-7-15)9-14-11(16)8-13(10-17)5-6-13/h15,17H,3-10H2,1-2H3,(H,14,16). The Morgan fingerprint density at radius 2 is 2.12 bits per heavy atom. The van der Waals surface area contributed by atoms with E-state index in [1.165, 1.54) is 0 Å². The summed E-state index contributed by atoms with van der Waals surface area (Å²) in [5, 5.41) is 11.8. The van der Waals surface area contributed by atoms with Crippen LogP contribution < -0.4 is 5.32 Å². The van der Waals surface area contributed by atoms with Gasteiger partial charge in [0, 0.05) is 19.6 Å². The molecule has 17 heavy (non-hydrogen) atoms. The number of amides is 1. The van der Waals surface area contributed by atoms with Gasteiger partial charge in [-0.2, -0.15) is 12.6 Å². The van der Waals surface area contributed by atoms with Crippen LogP contribution in [0.5, 0.6) is 0 Å². The number of aliphatic hydroxyl groups is 1. The van der Waals surface area contributed by atoms with E-state index >= 15 is 0 Å². The van der Waals surface area contributed by atoms with Crippen LogP contribution in [0.4, 0.5) is 0 Å². The van der Waals surface area contributed by atoms with E-state index in [-0.39, 0.29) is 23.3 Å². The van der Waals surface area contributed by atoms with Gasteiger partial charge in [0.15, 0.2) is 0 Å². The largest absolute Gasteiger partial charge is 0.396 e. The summed E-state index contributed by atoms with van der Waals surface area (Å²) in [5.41, 5.74) is 0.262. The molecule has 0 saturated heterocycles. The van der Waals surface area contributed by atoms with Gasteiger partial charge >= 0.3 is 0 Å². The highest BCUT2D eigenvalue weighted by Gasteiger charge is 2.42. The molecule has 1 fully saturated rings. The first kappa shape index (κ1) is 14.8. The molecule has 0 aliphatic heterocycles. The Labute approximate surface area is 110 Å². The molecule has 3 nitrogen and oxygen atoms in total. The molecular weight excluding hydrogens is 234 g/mol. The van der Waals surface area contributed by atoms with Crippen LogP contribution in [-0.4, -0.2) is 29.9 Å². The summed E-state index contributed by atoms with van der Waals surface area (Å²) < 4.78 is 0. The molecule has 1 aliphatic rings. The molecule has 1 aliphatic carbocycles. The minimum absolute atomic E-state index is 0.0655. The number of rotatable bonds is 8. The molecule has 0 atom stereocenters. The van der Waals surface area contributed by atoms with E-state index in [4.69, 9.17) is 5.11 Å². The lowest BCUT2D eigenvalue weighted by molar-refractivity contribution is -0.122. The summed E-state index contributed by atoms with van der Waals surface area (Å²) >= 11 is 4.30. The minimum Gasteiger partial charge on any atom is -0.396 e. The van der Waals surface area contributed by atoms with Crippen LogP contribution in [0.2, 0.25) is 0 Å². The molecule has 0 aromatic rings. The van der Waals surface area contributed by atoms with Crippen molar-refractivity contribution in [3.05, 3.63) is 0 Å². The van der Waals surface area contributed by atoms with Crippen molar-refractivity contribution in [3.63, 3.8) is 0 Å². The van der Waals surface area contributed by atoms with Crippen LogP contribution in [0.15, 0.2) is 0 Å². The fourth-order valence-electron chi connectivity index (χ4n) is 1.95. The highest BCUT2D eigenvalue weighted by Crippen LogP contribution is 2.49. The number of carbonyl (C=O) groups is 1. The Kier molecular flexibility index (Phi) is 5.32. The second kappa shape index (κ2) is 6.10. The van der Waals surface area contributed by atoms with E-state index in [0.29, 0.717) is 13.0 Å². The summed E-state index contributed by atoms with van der Waals surface area (Å²) in [4.78, 5) is 11.8. The molecule has 0 bridgehead atoms. The van der Waals surface area contributed by atoms with Crippen molar-refractivity contribution in [2.75, 3.05) is 18.9 Å². The van der Waals surface area contributed by atoms with E-state index < -0.39 is 0 Å². The van der Waals surface area contributed by atoms with Gasteiger partial charge in [-0.25, -0.2) is 0 Å². The molecule has 0 radical (unpaired) electrons. The summed E-state index contributed by atoms with van der Waals surface area (Å²) in [7, 11) is 0. The number of nitrogens with one attached hydrogen (secondary N) is 1. The van der Waals surface area contributed by atoms with Crippen molar-refractivity contribution in [2.24, 2.45) is 10.8 Å². The maximum atomic E-state index is 11.8. The fourth-order valence-corrected chi connectivity index (χ4v) is 2.38. The molecular formula is C13H25NO2S. The lowest BCUT2D eigenvalue weighted by atomic mass is 9.88. The first-order chi connectivity index (χ1) is 7.93. The molecule has 0 spiro atoms. The van der Waals surface area contributed by atoms with Gasteiger partial charge in [0.25, 0.3) is 0 Å². The van der Waals surface area contributed by atoms with Gasteiger partial charge in [-0.15, -0.1) is 0 Å². The van der Waals surface area contributed by atoms with E-state index in [1.807, 2.05) is 0 Å². The Hall–Kier alpha value is -0.220. The summed E-state index contributed by atoms with van der Waals surface area (Å²) in [5.74, 6) is 0.961. The van der Waals surface area contributed by atoms with Crippen LogP contribution in [0.1, 0.15) is 46.0 Å². The monoisotopic (exact) mass is 259 g/mol. The number of carbonyl (C=O) groups excluding carboxylic acids is 1. The van der Waals surface area contributed by atoms with Crippen molar-refractivity contribution in [3.8, 4) is 0 Å². The number of thiol groups is 1. The maximum Gasteiger partial charge on any atom is 0.220 e. The van der Waals surface area contributed by atoms with Crippen LogP contribution >= 0.6 is 12.6 Å². The molecule has 1 rings (SSSR count). The fraction of sp³-hybridized carbons (Fsp3) is 0.923. The summed E-state index contributed by atoms with van der Waals surface area (Å²) in [6.07, 6.45) is 4.62. The Balaban J connectivity index is 2.23. The van der Waals surface area contributed by atoms with Crippen molar-refractivity contribution in [1.82, 2.24) is 5.32 Å². The Morgan fingerprint density at radius 3 is 2.59 bits per heavy atom. The van der Waals surface area contributed by atoms with Crippen LogP contribution in [-0.2, 0) is 4.79 Å². The molecule has 1 saturated carbocycles. The van der Waals surface area contributed by atoms with E-state index in [2.05, 4.69) is 31.8 Å². The van der Waals surface area contributed by atoms with Gasteiger partial charge in [-0.3, -0.25) is 4.79 Å². The number of hydrogen-bond donors (Lipinski definition) is 3. The second-order valence-electron chi connectivity index (χ2n) is 6.10. The van der Waals surface area contributed by atoms with E-state index in [0.717, 1.165) is 31.4 Å². The predicted octanol–water partition coefficient (Wildman–Crippen LogP) is 2.00. The van der Waals surface area contributed by atoms with Gasteiger partial charge in [-0.1, -0.05) is 13.8 Å². The van der Waals surface area contributed by atoms with Gasteiger partial charge < -0.3 is 10.4 Å². The van der Waals surface area contributed by atoms with Crippen LogP contribution in [0.25, 0.3) is 0 Å². The zero-order chi connectivity index (χ0) is 12.9. The first-order valence-electron chi connectivity index (χ1n) is 6.42. The lowest BCUT2D eigenvalue weighted by Gasteiger charge is -2.25. The highest BCUT2D eigenvalue weighted by molar-refractivity contribution is 7.80. The molecule has 0 unspecified atom stereocenters. The maximum absolute atomic E-state index is 11.8.